The number of aliphatic hydroxyl groups excluding tert-OH is 6. The molecule has 13 heteroatoms. The maximum absolute atomic E-state index is 11.6. The predicted molar refractivity (Wildman–Crippen MR) is 112 cm³/mol. The third kappa shape index (κ3) is 5.76. The Balaban J connectivity index is 1.75. The first-order chi connectivity index (χ1) is 16.2. The molecule has 0 spiro atoms. The van der Waals surface area contributed by atoms with E-state index < -0.39 is 80.5 Å². The summed E-state index contributed by atoms with van der Waals surface area (Å²) < 4.78 is 27.5. The maximum Gasteiger partial charge on any atom is 0.229 e. The zero-order valence-corrected chi connectivity index (χ0v) is 18.6. The summed E-state index contributed by atoms with van der Waals surface area (Å²) in [5.74, 6) is 0.314. The highest BCUT2D eigenvalue weighted by Gasteiger charge is 2.51. The summed E-state index contributed by atoms with van der Waals surface area (Å²) in [6.45, 7) is -0.143. The van der Waals surface area contributed by atoms with E-state index in [0.29, 0.717) is 11.5 Å². The summed E-state index contributed by atoms with van der Waals surface area (Å²) >= 11 is 0. The van der Waals surface area contributed by atoms with Gasteiger partial charge in [0.15, 0.2) is 6.29 Å². The molecule has 2 heterocycles. The molecule has 0 aromatic heterocycles. The number of methoxy groups -OCH3 is 1. The molecule has 2 aliphatic rings. The Hall–Kier alpha value is -2.07. The molecule has 2 saturated heterocycles. The summed E-state index contributed by atoms with van der Waals surface area (Å²) in [6.07, 6.45) is -13.1. The highest BCUT2D eigenvalue weighted by molar-refractivity contribution is 5.73. The van der Waals surface area contributed by atoms with E-state index in [1.54, 1.807) is 24.3 Å². The first-order valence-electron chi connectivity index (χ1n) is 10.7. The van der Waals surface area contributed by atoms with Crippen LogP contribution >= 0.6 is 0 Å². The molecule has 13 nitrogen and oxygen atoms in total. The van der Waals surface area contributed by atoms with E-state index in [2.05, 4.69) is 5.32 Å². The maximum atomic E-state index is 11.6. The van der Waals surface area contributed by atoms with Gasteiger partial charge in [-0.1, -0.05) is 0 Å². The second kappa shape index (κ2) is 11.6. The van der Waals surface area contributed by atoms with Gasteiger partial charge in [-0.15, -0.1) is 0 Å². The molecule has 34 heavy (non-hydrogen) atoms. The number of carbonyl (C=O) groups excluding carboxylic acids is 1. The summed E-state index contributed by atoms with van der Waals surface area (Å²) in [4.78, 5) is 11.6. The minimum absolute atomic E-state index is 0.303. The van der Waals surface area contributed by atoms with Crippen LogP contribution in [0.4, 0.5) is 0 Å². The molecular formula is C21H31NO12. The lowest BCUT2D eigenvalue weighted by molar-refractivity contribution is -0.337. The van der Waals surface area contributed by atoms with E-state index in [0.717, 1.165) is 0 Å². The number of rotatable bonds is 8. The molecule has 2 fully saturated rings. The Morgan fingerprint density at radius 1 is 0.882 bits per heavy atom. The van der Waals surface area contributed by atoms with Crippen LogP contribution in [0, 0.1) is 0 Å². The fraction of sp³-hybridized carbons (Fsp3) is 0.667. The summed E-state index contributed by atoms with van der Waals surface area (Å²) in [6, 6.07) is 5.08. The predicted octanol–water partition coefficient (Wildman–Crippen LogP) is -3.16. The fourth-order valence-electron chi connectivity index (χ4n) is 3.85. The van der Waals surface area contributed by atoms with E-state index in [1.165, 1.54) is 14.0 Å². The highest BCUT2D eigenvalue weighted by Crippen LogP contribution is 2.30. The summed E-state index contributed by atoms with van der Waals surface area (Å²) in [5, 5.41) is 63.6. The van der Waals surface area contributed by atoms with E-state index in [9.17, 15) is 35.4 Å². The van der Waals surface area contributed by atoms with E-state index >= 15 is 0 Å². The number of nitrogens with one attached hydrogen (secondary N) is 1. The molecule has 2 aliphatic heterocycles. The average Bonchev–Trinajstić information content (AvgIpc) is 2.83. The topological polar surface area (TPSA) is 197 Å². The third-order valence-corrected chi connectivity index (χ3v) is 5.67. The van der Waals surface area contributed by atoms with Gasteiger partial charge in [-0.2, -0.15) is 0 Å². The van der Waals surface area contributed by atoms with Crippen molar-refractivity contribution in [1.29, 1.82) is 0 Å². The molecule has 0 saturated carbocycles. The summed E-state index contributed by atoms with van der Waals surface area (Å²) in [5.41, 5.74) is 0. The number of aliphatic hydroxyl groups is 6. The van der Waals surface area contributed by atoms with Crippen LogP contribution in [0.3, 0.4) is 0 Å². The van der Waals surface area contributed by atoms with Gasteiger partial charge in [-0.05, 0) is 24.3 Å². The van der Waals surface area contributed by atoms with Crippen molar-refractivity contribution in [3.63, 3.8) is 0 Å². The largest absolute Gasteiger partial charge is 0.497 e. The zero-order valence-electron chi connectivity index (χ0n) is 18.6. The van der Waals surface area contributed by atoms with Gasteiger partial charge < -0.3 is 59.6 Å². The monoisotopic (exact) mass is 489 g/mol. The van der Waals surface area contributed by atoms with Crippen LogP contribution < -0.4 is 14.8 Å². The number of hydrogen-bond acceptors (Lipinski definition) is 12. The normalized spacial score (nSPS) is 38.2. The first kappa shape index (κ1) is 26.5. The van der Waals surface area contributed by atoms with Gasteiger partial charge in [-0.25, -0.2) is 0 Å². The molecule has 0 radical (unpaired) electrons. The number of benzene rings is 1. The number of amides is 1. The average molecular weight is 489 g/mol. The van der Waals surface area contributed by atoms with Crippen molar-refractivity contribution in [3.8, 4) is 11.5 Å². The third-order valence-electron chi connectivity index (χ3n) is 5.67. The van der Waals surface area contributed by atoms with Gasteiger partial charge in [0.2, 0.25) is 12.2 Å². The van der Waals surface area contributed by atoms with Crippen molar-refractivity contribution >= 4 is 5.91 Å². The van der Waals surface area contributed by atoms with Crippen molar-refractivity contribution in [2.75, 3.05) is 20.3 Å². The van der Waals surface area contributed by atoms with E-state index in [1.807, 2.05) is 0 Å². The minimum Gasteiger partial charge on any atom is -0.497 e. The minimum atomic E-state index is -1.65. The van der Waals surface area contributed by atoms with Gasteiger partial charge in [0, 0.05) is 6.92 Å². The lowest BCUT2D eigenvalue weighted by Crippen LogP contribution is -2.67. The van der Waals surface area contributed by atoms with Gasteiger partial charge in [0.1, 0.15) is 60.3 Å². The number of ether oxygens (including phenoxy) is 5. The van der Waals surface area contributed by atoms with Crippen molar-refractivity contribution in [2.24, 2.45) is 0 Å². The Bertz CT molecular complexity index is 792. The Morgan fingerprint density at radius 3 is 2.03 bits per heavy atom. The van der Waals surface area contributed by atoms with Crippen molar-refractivity contribution in [1.82, 2.24) is 5.32 Å². The molecule has 3 rings (SSSR count). The molecule has 0 unspecified atom stereocenters. The Kier molecular flexibility index (Phi) is 9.03. The van der Waals surface area contributed by atoms with Gasteiger partial charge in [0.25, 0.3) is 0 Å². The van der Waals surface area contributed by atoms with Crippen molar-refractivity contribution < 1.29 is 59.1 Å². The van der Waals surface area contributed by atoms with E-state index in [4.69, 9.17) is 23.7 Å². The quantitative estimate of drug-likeness (QED) is 0.194. The second-order valence-corrected chi connectivity index (χ2v) is 8.03. The molecule has 192 valence electrons. The van der Waals surface area contributed by atoms with Gasteiger partial charge in [-0.3, -0.25) is 4.79 Å². The second-order valence-electron chi connectivity index (χ2n) is 8.03. The standard InChI is InChI=1S/C21H31NO12/c1-9(25)22-14-16(27)15(26)12(7-23)32-20(14)34-19-13(8-24)33-21(18(29)17(19)28)31-11-5-3-10(30-2)4-6-11/h3-6,12-21,23-24,26-29H,7-8H2,1-2H3,(H,22,25)/t12-,13-,14-,15+,16-,17-,18-,19+,20-,21-/m1/s1. The van der Waals surface area contributed by atoms with Gasteiger partial charge >= 0.3 is 0 Å². The molecule has 1 aromatic carbocycles. The molecule has 7 N–H and O–H groups in total. The lowest BCUT2D eigenvalue weighted by Gasteiger charge is -2.47. The molecular weight excluding hydrogens is 458 g/mol. The van der Waals surface area contributed by atoms with Crippen molar-refractivity contribution in [3.05, 3.63) is 24.3 Å². The van der Waals surface area contributed by atoms with Crippen molar-refractivity contribution in [2.45, 2.75) is 68.3 Å². The zero-order chi connectivity index (χ0) is 25.0. The molecule has 10 atom stereocenters. The highest BCUT2D eigenvalue weighted by atomic mass is 16.7. The Labute approximate surface area is 195 Å². The van der Waals surface area contributed by atoms with Crippen LogP contribution in [0.2, 0.25) is 0 Å². The van der Waals surface area contributed by atoms with Crippen LogP contribution in [0.15, 0.2) is 24.3 Å². The Morgan fingerprint density at radius 2 is 1.47 bits per heavy atom. The van der Waals surface area contributed by atoms with Crippen LogP contribution in [0.5, 0.6) is 11.5 Å². The SMILES string of the molecule is COc1ccc(O[C@@H]2O[C@H](CO)[C@H](O[C@H]3O[C@H](CO)[C@H](O)[C@H](O)[C@H]3NC(C)=O)[C@H](O)[C@H]2O)cc1. The fourth-order valence-corrected chi connectivity index (χ4v) is 3.85. The molecule has 0 aliphatic carbocycles. The molecule has 1 amide bonds. The van der Waals surface area contributed by atoms with Crippen LogP contribution in [0.25, 0.3) is 0 Å². The summed E-state index contributed by atoms with van der Waals surface area (Å²) in [7, 11) is 1.50. The van der Waals surface area contributed by atoms with E-state index in [-0.39, 0.29) is 0 Å². The van der Waals surface area contributed by atoms with Crippen LogP contribution in [0.1, 0.15) is 6.92 Å². The van der Waals surface area contributed by atoms with Crippen LogP contribution in [-0.2, 0) is 19.0 Å². The number of hydrogen-bond donors (Lipinski definition) is 7. The lowest BCUT2D eigenvalue weighted by atomic mass is 9.95. The number of carbonyl (C=O) groups is 1. The van der Waals surface area contributed by atoms with Crippen LogP contribution in [-0.4, -0.2) is 118 Å². The first-order valence-corrected chi connectivity index (χ1v) is 10.7. The molecule has 0 bridgehead atoms. The smallest absolute Gasteiger partial charge is 0.229 e. The molecule has 1 aromatic rings. The van der Waals surface area contributed by atoms with Gasteiger partial charge in [0.05, 0.1) is 20.3 Å².